The minimum absolute atomic E-state index is 0.0571. The van der Waals surface area contributed by atoms with Crippen LogP contribution in [0.5, 0.6) is 0 Å². The molecule has 0 saturated heterocycles. The molecule has 1 heterocycles. The molecular formula is C50H38N2. The molecule has 0 unspecified atom stereocenters. The van der Waals surface area contributed by atoms with Crippen LogP contribution in [0.3, 0.4) is 0 Å². The Kier molecular flexibility index (Phi) is 6.60. The first-order valence-corrected chi connectivity index (χ1v) is 18.3. The zero-order chi connectivity index (χ0) is 35.2. The van der Waals surface area contributed by atoms with Gasteiger partial charge in [0.1, 0.15) is 0 Å². The van der Waals surface area contributed by atoms with E-state index < -0.39 is 0 Å². The van der Waals surface area contributed by atoms with Gasteiger partial charge < -0.3 is 0 Å². The molecule has 2 aliphatic rings. The van der Waals surface area contributed by atoms with Crippen molar-refractivity contribution in [2.45, 2.75) is 38.5 Å². The highest BCUT2D eigenvalue weighted by atomic mass is 14.9. The first-order chi connectivity index (χ1) is 25.3. The van der Waals surface area contributed by atoms with Crippen LogP contribution in [0.4, 0.5) is 0 Å². The zero-order valence-electron chi connectivity index (χ0n) is 29.9. The van der Waals surface area contributed by atoms with Crippen LogP contribution in [0, 0.1) is 0 Å². The van der Waals surface area contributed by atoms with Crippen LogP contribution in [0.25, 0.3) is 78.1 Å². The van der Waals surface area contributed by atoms with E-state index in [-0.39, 0.29) is 10.8 Å². The lowest BCUT2D eigenvalue weighted by atomic mass is 9.81. The Labute approximate surface area is 305 Å². The first-order valence-electron chi connectivity index (χ1n) is 18.3. The minimum Gasteiger partial charge on any atom is -0.228 e. The van der Waals surface area contributed by atoms with Crippen molar-refractivity contribution in [1.29, 1.82) is 0 Å². The van der Waals surface area contributed by atoms with Crippen molar-refractivity contribution in [2.24, 2.45) is 0 Å². The third-order valence-electron chi connectivity index (χ3n) is 11.7. The molecule has 0 amide bonds. The van der Waals surface area contributed by atoms with Gasteiger partial charge in [-0.15, -0.1) is 0 Å². The van der Waals surface area contributed by atoms with E-state index in [1.165, 1.54) is 66.4 Å². The largest absolute Gasteiger partial charge is 0.228 e. The number of rotatable bonds is 4. The number of hydrogen-bond donors (Lipinski definition) is 0. The normalized spacial score (nSPS) is 14.5. The molecule has 2 nitrogen and oxygen atoms in total. The molecule has 10 rings (SSSR count). The monoisotopic (exact) mass is 666 g/mol. The summed E-state index contributed by atoms with van der Waals surface area (Å²) in [5.74, 6) is 0.727. The van der Waals surface area contributed by atoms with Crippen LogP contribution in [0.15, 0.2) is 158 Å². The zero-order valence-corrected chi connectivity index (χ0v) is 29.9. The standard InChI is InChI=1S/C50H38N2/c1-49(2)42-20-12-10-18-37(42)39-24-22-32(28-44(39)49)34-26-27-41(36-17-9-8-16-35(34)36)47-30-46(51-48(52-47)31-14-6-5-7-15-31)33-23-25-40-38-19-11-13-21-43(38)50(3,4)45(40)29-33/h5-30H,1-4H3. The topological polar surface area (TPSA) is 25.8 Å². The SMILES string of the molecule is CC1(C)c2ccccc2-c2ccc(-c3cc(-c4ccc(-c5ccc6c(c5)C(C)(C)c5ccccc5-6)c5ccccc45)nc(-c4ccccc4)n3)cc21. The second kappa shape index (κ2) is 11.2. The number of hydrogen-bond acceptors (Lipinski definition) is 2. The highest BCUT2D eigenvalue weighted by Crippen LogP contribution is 2.51. The van der Waals surface area contributed by atoms with Crippen molar-refractivity contribution in [3.05, 3.63) is 180 Å². The van der Waals surface area contributed by atoms with Gasteiger partial charge in [-0.3, -0.25) is 0 Å². The molecule has 0 saturated carbocycles. The Morgan fingerprint density at radius 2 is 0.788 bits per heavy atom. The van der Waals surface area contributed by atoms with Crippen LogP contribution in [-0.2, 0) is 10.8 Å². The maximum absolute atomic E-state index is 5.26. The third-order valence-corrected chi connectivity index (χ3v) is 11.7. The molecule has 0 N–H and O–H groups in total. The first kappa shape index (κ1) is 30.7. The second-order valence-electron chi connectivity index (χ2n) is 15.4. The molecule has 0 spiro atoms. The Balaban J connectivity index is 1.13. The summed E-state index contributed by atoms with van der Waals surface area (Å²) in [5.41, 5.74) is 18.2. The summed E-state index contributed by atoms with van der Waals surface area (Å²) in [5, 5.41) is 2.39. The highest BCUT2D eigenvalue weighted by molar-refractivity contribution is 6.05. The molecule has 7 aromatic carbocycles. The molecule has 0 aliphatic heterocycles. The van der Waals surface area contributed by atoms with Crippen molar-refractivity contribution in [3.63, 3.8) is 0 Å². The van der Waals surface area contributed by atoms with Gasteiger partial charge in [0, 0.05) is 27.5 Å². The lowest BCUT2D eigenvalue weighted by Gasteiger charge is -2.22. The molecule has 0 radical (unpaired) electrons. The summed E-state index contributed by atoms with van der Waals surface area (Å²) < 4.78 is 0. The fraction of sp³-hybridized carbons (Fsp3) is 0.120. The second-order valence-corrected chi connectivity index (χ2v) is 15.4. The van der Waals surface area contributed by atoms with Crippen LogP contribution < -0.4 is 0 Å². The molecule has 0 atom stereocenters. The lowest BCUT2D eigenvalue weighted by molar-refractivity contribution is 0.660. The molecule has 2 aliphatic carbocycles. The number of benzene rings is 7. The molecule has 8 aromatic rings. The lowest BCUT2D eigenvalue weighted by Crippen LogP contribution is -2.14. The minimum atomic E-state index is -0.0956. The van der Waals surface area contributed by atoms with Crippen molar-refractivity contribution in [3.8, 4) is 67.3 Å². The van der Waals surface area contributed by atoms with Crippen molar-refractivity contribution >= 4 is 10.8 Å². The van der Waals surface area contributed by atoms with E-state index in [4.69, 9.17) is 9.97 Å². The van der Waals surface area contributed by atoms with E-state index in [9.17, 15) is 0 Å². The number of fused-ring (bicyclic) bond motifs is 7. The Bertz CT molecular complexity index is 2730. The summed E-state index contributed by atoms with van der Waals surface area (Å²) in [6.45, 7) is 9.36. The summed E-state index contributed by atoms with van der Waals surface area (Å²) in [6, 6.07) is 57.4. The van der Waals surface area contributed by atoms with Crippen molar-refractivity contribution in [1.82, 2.24) is 9.97 Å². The van der Waals surface area contributed by atoms with E-state index in [1.807, 2.05) is 6.07 Å². The van der Waals surface area contributed by atoms with E-state index >= 15 is 0 Å². The van der Waals surface area contributed by atoms with Crippen LogP contribution >= 0.6 is 0 Å². The quantitative estimate of drug-likeness (QED) is 0.187. The molecule has 0 bridgehead atoms. The van der Waals surface area contributed by atoms with Crippen LogP contribution in [0.1, 0.15) is 49.9 Å². The fourth-order valence-electron chi connectivity index (χ4n) is 8.96. The fourth-order valence-corrected chi connectivity index (χ4v) is 8.96. The maximum atomic E-state index is 5.26. The molecular weight excluding hydrogens is 629 g/mol. The average Bonchev–Trinajstić information content (AvgIpc) is 3.56. The van der Waals surface area contributed by atoms with Gasteiger partial charge in [-0.25, -0.2) is 9.97 Å². The Morgan fingerprint density at radius 3 is 1.44 bits per heavy atom. The maximum Gasteiger partial charge on any atom is 0.160 e. The van der Waals surface area contributed by atoms with Gasteiger partial charge in [0.15, 0.2) is 5.82 Å². The third kappa shape index (κ3) is 4.50. The molecule has 0 fully saturated rings. The van der Waals surface area contributed by atoms with Crippen molar-refractivity contribution in [2.75, 3.05) is 0 Å². The molecule has 1 aromatic heterocycles. The van der Waals surface area contributed by atoms with Gasteiger partial charge in [-0.1, -0.05) is 167 Å². The summed E-state index contributed by atoms with van der Waals surface area (Å²) >= 11 is 0. The number of aromatic nitrogens is 2. The average molecular weight is 667 g/mol. The van der Waals surface area contributed by atoms with Gasteiger partial charge in [0.2, 0.25) is 0 Å². The Hall–Kier alpha value is -6.12. The molecule has 2 heteroatoms. The highest BCUT2D eigenvalue weighted by Gasteiger charge is 2.36. The predicted octanol–water partition coefficient (Wildman–Crippen LogP) is 12.9. The van der Waals surface area contributed by atoms with Gasteiger partial charge in [-0.05, 0) is 84.6 Å². The summed E-state index contributed by atoms with van der Waals surface area (Å²) in [6.07, 6.45) is 0. The predicted molar refractivity (Wildman–Crippen MR) is 216 cm³/mol. The molecule has 52 heavy (non-hydrogen) atoms. The van der Waals surface area contributed by atoms with E-state index in [0.717, 1.165) is 33.9 Å². The van der Waals surface area contributed by atoms with E-state index in [1.54, 1.807) is 0 Å². The summed E-state index contributed by atoms with van der Waals surface area (Å²) in [7, 11) is 0. The van der Waals surface area contributed by atoms with E-state index in [2.05, 4.69) is 179 Å². The number of nitrogens with zero attached hydrogens (tertiary/aromatic N) is 2. The van der Waals surface area contributed by atoms with Gasteiger partial charge in [0.05, 0.1) is 11.4 Å². The van der Waals surface area contributed by atoms with E-state index in [0.29, 0.717) is 0 Å². The summed E-state index contributed by atoms with van der Waals surface area (Å²) in [4.78, 5) is 10.5. The van der Waals surface area contributed by atoms with Gasteiger partial charge >= 0.3 is 0 Å². The van der Waals surface area contributed by atoms with Gasteiger partial charge in [0.25, 0.3) is 0 Å². The van der Waals surface area contributed by atoms with Crippen molar-refractivity contribution < 1.29 is 0 Å². The molecule has 248 valence electrons. The van der Waals surface area contributed by atoms with Gasteiger partial charge in [-0.2, -0.15) is 0 Å². The van der Waals surface area contributed by atoms with Crippen LogP contribution in [0.2, 0.25) is 0 Å². The van der Waals surface area contributed by atoms with Crippen LogP contribution in [-0.4, -0.2) is 9.97 Å². The smallest absolute Gasteiger partial charge is 0.160 e. The Morgan fingerprint density at radius 1 is 0.327 bits per heavy atom.